The summed E-state index contributed by atoms with van der Waals surface area (Å²) in [4.78, 5) is 0. The van der Waals surface area contributed by atoms with Crippen LogP contribution in [-0.4, -0.2) is 37.8 Å². The van der Waals surface area contributed by atoms with Crippen molar-refractivity contribution in [2.45, 2.75) is 24.6 Å². The molecule has 3 atom stereocenters. The molecule has 0 aromatic rings. The van der Waals surface area contributed by atoms with Crippen LogP contribution < -0.4 is 11.0 Å². The van der Waals surface area contributed by atoms with E-state index in [9.17, 15) is 5.11 Å². The van der Waals surface area contributed by atoms with Crippen molar-refractivity contribution in [1.82, 2.24) is 0 Å². The number of aliphatic hydroxyl groups excluding tert-OH is 1. The molecule has 1 heterocycles. The van der Waals surface area contributed by atoms with Crippen molar-refractivity contribution in [3.63, 3.8) is 0 Å². The maximum Gasteiger partial charge on any atom is 0.176 e. The van der Waals surface area contributed by atoms with Crippen molar-refractivity contribution >= 4 is 16.3 Å². The highest BCUT2D eigenvalue weighted by Crippen LogP contribution is 2.22. The van der Waals surface area contributed by atoms with Gasteiger partial charge in [-0.15, -0.1) is 0 Å². The molecule has 12 heavy (non-hydrogen) atoms. The first-order chi connectivity index (χ1) is 5.59. The molecule has 1 aliphatic rings. The molecule has 68 valence electrons. The smallest absolute Gasteiger partial charge is 0.176 e. The van der Waals surface area contributed by atoms with Crippen molar-refractivity contribution in [2.75, 3.05) is 6.61 Å². The number of aliphatic hydroxyl groups is 1. The molecule has 2 radical (unpaired) electrons. The first-order valence-electron chi connectivity index (χ1n) is 3.61. The molecular weight excluding hydrogens is 178 g/mol. The van der Waals surface area contributed by atoms with Crippen molar-refractivity contribution in [2.24, 2.45) is 11.0 Å². The Balaban J connectivity index is 2.23. The Bertz CT molecular complexity index is 151. The Labute approximate surface area is 73.7 Å². The van der Waals surface area contributed by atoms with Crippen LogP contribution in [0.3, 0.4) is 0 Å². The molecule has 5 nitrogen and oxygen atoms in total. The molecule has 3 unspecified atom stereocenters. The van der Waals surface area contributed by atoms with E-state index in [-0.39, 0.29) is 6.61 Å². The molecule has 0 aromatic heterocycles. The van der Waals surface area contributed by atoms with E-state index in [4.69, 9.17) is 28.1 Å². The standard InChI is InChI=1S/C5H12BN2O3P/c6-5-1-3(9)4(11-5)2-10-12(7)8/h3-5,9H,1-2,7-8H2. The lowest BCUT2D eigenvalue weighted by atomic mass is 9.96. The molecule has 0 saturated carbocycles. The van der Waals surface area contributed by atoms with Gasteiger partial charge in [0.05, 0.1) is 12.7 Å². The summed E-state index contributed by atoms with van der Waals surface area (Å²) in [6, 6.07) is -0.407. The monoisotopic (exact) mass is 190 g/mol. The third-order valence-corrected chi connectivity index (χ3v) is 2.09. The maximum atomic E-state index is 9.31. The van der Waals surface area contributed by atoms with Gasteiger partial charge in [0, 0.05) is 6.00 Å². The van der Waals surface area contributed by atoms with Crippen LogP contribution in [0.1, 0.15) is 6.42 Å². The lowest BCUT2D eigenvalue weighted by molar-refractivity contribution is 0.00505. The zero-order valence-electron chi connectivity index (χ0n) is 6.59. The van der Waals surface area contributed by atoms with E-state index in [0.717, 1.165) is 0 Å². The number of rotatable bonds is 3. The van der Waals surface area contributed by atoms with E-state index in [1.807, 2.05) is 0 Å². The minimum atomic E-state index is -1.38. The second kappa shape index (κ2) is 4.51. The molecule has 0 aromatic carbocycles. The topological polar surface area (TPSA) is 90.7 Å². The van der Waals surface area contributed by atoms with Gasteiger partial charge >= 0.3 is 0 Å². The van der Waals surface area contributed by atoms with Gasteiger partial charge < -0.3 is 14.4 Å². The predicted molar refractivity (Wildman–Crippen MR) is 46.3 cm³/mol. The second-order valence-electron chi connectivity index (χ2n) is 2.67. The van der Waals surface area contributed by atoms with Crippen LogP contribution in [0, 0.1) is 0 Å². The van der Waals surface area contributed by atoms with Gasteiger partial charge in [0.15, 0.2) is 8.45 Å². The molecule has 0 spiro atoms. The predicted octanol–water partition coefficient (Wildman–Crippen LogP) is -1.21. The summed E-state index contributed by atoms with van der Waals surface area (Å²) in [7, 11) is 4.05. The highest BCUT2D eigenvalue weighted by molar-refractivity contribution is 7.47. The second-order valence-corrected chi connectivity index (χ2v) is 3.65. The Morgan fingerprint density at radius 2 is 2.33 bits per heavy atom. The Kier molecular flexibility index (Phi) is 3.90. The fourth-order valence-corrected chi connectivity index (χ4v) is 1.39. The fraction of sp³-hybridized carbons (Fsp3) is 1.00. The summed E-state index contributed by atoms with van der Waals surface area (Å²) < 4.78 is 10.1. The van der Waals surface area contributed by atoms with Crippen molar-refractivity contribution in [3.8, 4) is 0 Å². The van der Waals surface area contributed by atoms with Gasteiger partial charge in [-0.25, -0.2) is 0 Å². The quantitative estimate of drug-likeness (QED) is 0.383. The fourth-order valence-electron chi connectivity index (χ4n) is 1.07. The summed E-state index contributed by atoms with van der Waals surface area (Å²) >= 11 is 0. The molecule has 0 bridgehead atoms. The SMILES string of the molecule is [B]C1CC(O)C(COP(N)N)O1. The van der Waals surface area contributed by atoms with E-state index >= 15 is 0 Å². The average Bonchev–Trinajstić information content (AvgIpc) is 2.26. The summed E-state index contributed by atoms with van der Waals surface area (Å²) in [6.07, 6.45) is -0.534. The van der Waals surface area contributed by atoms with Crippen LogP contribution in [-0.2, 0) is 9.26 Å². The van der Waals surface area contributed by atoms with Gasteiger partial charge in [0.25, 0.3) is 0 Å². The summed E-state index contributed by atoms with van der Waals surface area (Å²) in [6.45, 7) is 0.202. The van der Waals surface area contributed by atoms with Gasteiger partial charge in [-0.1, -0.05) is 0 Å². The van der Waals surface area contributed by atoms with E-state index in [0.29, 0.717) is 6.42 Å². The largest absolute Gasteiger partial charge is 0.390 e. The van der Waals surface area contributed by atoms with Crippen LogP contribution in [0.15, 0.2) is 0 Å². The molecule has 0 amide bonds. The van der Waals surface area contributed by atoms with E-state index in [2.05, 4.69) is 0 Å². The maximum absolute atomic E-state index is 9.31. The first-order valence-corrected chi connectivity index (χ1v) is 5.01. The van der Waals surface area contributed by atoms with Gasteiger partial charge in [-0.05, 0) is 6.42 Å². The normalized spacial score (nSPS) is 36.2. The van der Waals surface area contributed by atoms with Crippen LogP contribution in [0.2, 0.25) is 0 Å². The minimum absolute atomic E-state index is 0.202. The first kappa shape index (κ1) is 10.4. The average molecular weight is 190 g/mol. The molecule has 0 aliphatic carbocycles. The van der Waals surface area contributed by atoms with Crippen LogP contribution in [0.4, 0.5) is 0 Å². The van der Waals surface area contributed by atoms with Gasteiger partial charge in [-0.3, -0.25) is 11.0 Å². The Hall–Kier alpha value is 0.295. The molecule has 5 N–H and O–H groups in total. The number of nitrogens with two attached hydrogens (primary N) is 2. The Morgan fingerprint density at radius 1 is 1.67 bits per heavy atom. The third-order valence-electron chi connectivity index (χ3n) is 1.64. The van der Waals surface area contributed by atoms with Crippen molar-refractivity contribution < 1.29 is 14.4 Å². The zero-order chi connectivity index (χ0) is 9.14. The number of hydrogen-bond acceptors (Lipinski definition) is 5. The van der Waals surface area contributed by atoms with Crippen LogP contribution in [0.5, 0.6) is 0 Å². The summed E-state index contributed by atoms with van der Waals surface area (Å²) in [5.74, 6) is 0. The molecule has 1 saturated heterocycles. The summed E-state index contributed by atoms with van der Waals surface area (Å²) in [5.41, 5.74) is 10.4. The van der Waals surface area contributed by atoms with Gasteiger partial charge in [0.2, 0.25) is 0 Å². The zero-order valence-corrected chi connectivity index (χ0v) is 7.48. The van der Waals surface area contributed by atoms with Crippen molar-refractivity contribution in [3.05, 3.63) is 0 Å². The highest BCUT2D eigenvalue weighted by atomic mass is 31.2. The highest BCUT2D eigenvalue weighted by Gasteiger charge is 2.31. The van der Waals surface area contributed by atoms with E-state index in [1.54, 1.807) is 0 Å². The summed E-state index contributed by atoms with van der Waals surface area (Å²) in [5, 5.41) is 9.31. The van der Waals surface area contributed by atoms with Gasteiger partial charge in [-0.2, -0.15) is 0 Å². The molecular formula is C5H12BN2O3P. The molecule has 1 aliphatic heterocycles. The lowest BCUT2D eigenvalue weighted by Gasteiger charge is -2.15. The van der Waals surface area contributed by atoms with Crippen LogP contribution in [0.25, 0.3) is 0 Å². The molecule has 1 fully saturated rings. The third kappa shape index (κ3) is 2.97. The molecule has 1 rings (SSSR count). The lowest BCUT2D eigenvalue weighted by Crippen LogP contribution is -2.26. The van der Waals surface area contributed by atoms with Gasteiger partial charge in [0.1, 0.15) is 14.0 Å². The molecule has 7 heteroatoms. The van der Waals surface area contributed by atoms with E-state index < -0.39 is 26.7 Å². The Morgan fingerprint density at radius 3 is 2.75 bits per heavy atom. The minimum Gasteiger partial charge on any atom is -0.390 e. The number of hydrogen-bond donors (Lipinski definition) is 3. The van der Waals surface area contributed by atoms with E-state index in [1.165, 1.54) is 0 Å². The van der Waals surface area contributed by atoms with Crippen molar-refractivity contribution in [1.29, 1.82) is 0 Å². The van der Waals surface area contributed by atoms with Crippen LogP contribution >= 0.6 is 8.45 Å². The number of ether oxygens (including phenoxy) is 1.